The lowest BCUT2D eigenvalue weighted by atomic mass is 9.86. The van der Waals surface area contributed by atoms with Crippen LogP contribution in [0.3, 0.4) is 0 Å². The van der Waals surface area contributed by atoms with Gasteiger partial charge in [0.1, 0.15) is 0 Å². The van der Waals surface area contributed by atoms with E-state index >= 15 is 0 Å². The van der Waals surface area contributed by atoms with Gasteiger partial charge in [0, 0.05) is 25.1 Å². The molecule has 4 heteroatoms. The first kappa shape index (κ1) is 17.8. The van der Waals surface area contributed by atoms with Crippen molar-refractivity contribution >= 4 is 17.5 Å². The van der Waals surface area contributed by atoms with Crippen LogP contribution in [0, 0.1) is 5.92 Å². The number of nitrogens with zero attached hydrogens (tertiary/aromatic N) is 1. The zero-order chi connectivity index (χ0) is 18.8. The number of para-hydroxylation sites is 1. The summed E-state index contributed by atoms with van der Waals surface area (Å²) in [6, 6.07) is 16.5. The van der Waals surface area contributed by atoms with Crippen molar-refractivity contribution in [1.29, 1.82) is 0 Å². The highest BCUT2D eigenvalue weighted by atomic mass is 16.2. The number of nitrogens with one attached hydrogen (secondary N) is 1. The van der Waals surface area contributed by atoms with Crippen LogP contribution in [0.5, 0.6) is 0 Å². The second-order valence-corrected chi connectivity index (χ2v) is 7.70. The van der Waals surface area contributed by atoms with Crippen LogP contribution in [-0.2, 0) is 22.4 Å². The van der Waals surface area contributed by atoms with Crippen LogP contribution in [0.15, 0.2) is 48.5 Å². The van der Waals surface area contributed by atoms with Crippen molar-refractivity contribution in [2.24, 2.45) is 5.92 Å². The highest BCUT2D eigenvalue weighted by molar-refractivity contribution is 5.96. The number of amides is 2. The number of aryl methyl sites for hydroxylation is 1. The lowest BCUT2D eigenvalue weighted by Crippen LogP contribution is -2.35. The Balaban J connectivity index is 1.39. The topological polar surface area (TPSA) is 49.4 Å². The molecule has 0 unspecified atom stereocenters. The molecule has 2 aromatic rings. The predicted molar refractivity (Wildman–Crippen MR) is 106 cm³/mol. The van der Waals surface area contributed by atoms with Crippen LogP contribution in [0.25, 0.3) is 0 Å². The molecule has 0 spiro atoms. The fourth-order valence-corrected chi connectivity index (χ4v) is 4.42. The summed E-state index contributed by atoms with van der Waals surface area (Å²) < 4.78 is 0. The number of carbonyl (C=O) groups excluding carboxylic acids is 2. The van der Waals surface area contributed by atoms with Gasteiger partial charge in [-0.3, -0.25) is 9.59 Å². The first-order valence-electron chi connectivity index (χ1n) is 9.85. The van der Waals surface area contributed by atoms with Crippen molar-refractivity contribution < 1.29 is 9.59 Å². The molecule has 2 aliphatic rings. The second-order valence-electron chi connectivity index (χ2n) is 7.70. The molecule has 2 aromatic carbocycles. The molecule has 0 saturated carbocycles. The van der Waals surface area contributed by atoms with Gasteiger partial charge >= 0.3 is 0 Å². The molecule has 1 heterocycles. The van der Waals surface area contributed by atoms with Crippen molar-refractivity contribution in [3.8, 4) is 0 Å². The Morgan fingerprint density at radius 1 is 1.11 bits per heavy atom. The maximum Gasteiger partial charge on any atom is 0.227 e. The zero-order valence-electron chi connectivity index (χ0n) is 15.8. The van der Waals surface area contributed by atoms with E-state index in [1.807, 2.05) is 30.1 Å². The van der Waals surface area contributed by atoms with Crippen LogP contribution >= 0.6 is 0 Å². The van der Waals surface area contributed by atoms with Gasteiger partial charge in [0.25, 0.3) is 0 Å². The minimum Gasteiger partial charge on any atom is -0.339 e. The quantitative estimate of drug-likeness (QED) is 0.890. The van der Waals surface area contributed by atoms with Crippen molar-refractivity contribution in [2.45, 2.75) is 44.6 Å². The minimum absolute atomic E-state index is 0.0344. The fraction of sp³-hybridized carbons (Fsp3) is 0.391. The third kappa shape index (κ3) is 3.61. The summed E-state index contributed by atoms with van der Waals surface area (Å²) in [5.74, 6) is 0.0337. The van der Waals surface area contributed by atoms with Gasteiger partial charge in [-0.1, -0.05) is 42.5 Å². The molecule has 2 amide bonds. The molecule has 4 nitrogen and oxygen atoms in total. The molecule has 0 bridgehead atoms. The Labute approximate surface area is 160 Å². The van der Waals surface area contributed by atoms with Gasteiger partial charge < -0.3 is 10.2 Å². The van der Waals surface area contributed by atoms with Crippen molar-refractivity contribution in [2.75, 3.05) is 12.4 Å². The molecule has 4 rings (SSSR count). The molecule has 0 saturated heterocycles. The van der Waals surface area contributed by atoms with E-state index in [0.717, 1.165) is 30.5 Å². The van der Waals surface area contributed by atoms with E-state index < -0.39 is 0 Å². The summed E-state index contributed by atoms with van der Waals surface area (Å²) >= 11 is 0. The van der Waals surface area contributed by atoms with Gasteiger partial charge in [0.2, 0.25) is 11.8 Å². The van der Waals surface area contributed by atoms with Gasteiger partial charge in [-0.2, -0.15) is 0 Å². The number of rotatable bonds is 4. The summed E-state index contributed by atoms with van der Waals surface area (Å²) in [7, 11) is 1.91. The Morgan fingerprint density at radius 2 is 1.85 bits per heavy atom. The van der Waals surface area contributed by atoms with Gasteiger partial charge in [-0.15, -0.1) is 0 Å². The number of hydrogen-bond acceptors (Lipinski definition) is 2. The largest absolute Gasteiger partial charge is 0.339 e. The summed E-state index contributed by atoms with van der Waals surface area (Å²) in [6.45, 7) is 0. The van der Waals surface area contributed by atoms with Gasteiger partial charge in [-0.05, 0) is 54.9 Å². The Hall–Kier alpha value is -2.62. The third-order valence-corrected chi connectivity index (χ3v) is 6.02. The van der Waals surface area contributed by atoms with Crippen molar-refractivity contribution in [3.05, 3.63) is 65.2 Å². The third-order valence-electron chi connectivity index (χ3n) is 6.02. The zero-order valence-corrected chi connectivity index (χ0v) is 15.8. The van der Waals surface area contributed by atoms with Crippen molar-refractivity contribution in [1.82, 2.24) is 4.90 Å². The monoisotopic (exact) mass is 362 g/mol. The van der Waals surface area contributed by atoms with E-state index in [0.29, 0.717) is 19.3 Å². The first-order chi connectivity index (χ1) is 13.1. The SMILES string of the molecule is CN(C(=O)CC[C@H]1Cc2ccccc2NC1=O)[C@H]1CCCc2ccccc21. The highest BCUT2D eigenvalue weighted by Crippen LogP contribution is 2.34. The van der Waals surface area contributed by atoms with Crippen LogP contribution in [-0.4, -0.2) is 23.8 Å². The summed E-state index contributed by atoms with van der Waals surface area (Å²) in [4.78, 5) is 27.1. The molecule has 1 N–H and O–H groups in total. The van der Waals surface area contributed by atoms with E-state index in [4.69, 9.17) is 0 Å². The number of hydrogen-bond donors (Lipinski definition) is 1. The van der Waals surface area contributed by atoms with Crippen LogP contribution in [0.2, 0.25) is 0 Å². The smallest absolute Gasteiger partial charge is 0.227 e. The van der Waals surface area contributed by atoms with Gasteiger partial charge in [-0.25, -0.2) is 0 Å². The van der Waals surface area contributed by atoms with E-state index in [9.17, 15) is 9.59 Å². The summed E-state index contributed by atoms with van der Waals surface area (Å²) in [5, 5.41) is 2.98. The number of benzene rings is 2. The molecule has 0 radical (unpaired) electrons. The molecule has 27 heavy (non-hydrogen) atoms. The fourth-order valence-electron chi connectivity index (χ4n) is 4.42. The van der Waals surface area contributed by atoms with Crippen molar-refractivity contribution in [3.63, 3.8) is 0 Å². The molecule has 2 atom stereocenters. The van der Waals surface area contributed by atoms with E-state index in [-0.39, 0.29) is 23.8 Å². The predicted octanol–water partition coefficient (Wildman–Crippen LogP) is 4.11. The average Bonchev–Trinajstić information content (AvgIpc) is 2.71. The average molecular weight is 362 g/mol. The number of anilines is 1. The maximum atomic E-state index is 12.8. The molecular formula is C23H26N2O2. The lowest BCUT2D eigenvalue weighted by molar-refractivity contribution is -0.133. The second kappa shape index (κ2) is 7.55. The first-order valence-corrected chi connectivity index (χ1v) is 9.85. The lowest BCUT2D eigenvalue weighted by Gasteiger charge is -2.34. The molecule has 140 valence electrons. The van der Waals surface area contributed by atoms with Crippen LogP contribution < -0.4 is 5.32 Å². The van der Waals surface area contributed by atoms with Gasteiger partial charge in [0.15, 0.2) is 0 Å². The summed E-state index contributed by atoms with van der Waals surface area (Å²) in [5.41, 5.74) is 4.70. The molecule has 1 aliphatic carbocycles. The molecule has 0 aromatic heterocycles. The van der Waals surface area contributed by atoms with Crippen LogP contribution in [0.1, 0.15) is 48.4 Å². The Morgan fingerprint density at radius 3 is 2.70 bits per heavy atom. The van der Waals surface area contributed by atoms with E-state index in [1.54, 1.807) is 0 Å². The normalized spacial score (nSPS) is 21.0. The summed E-state index contributed by atoms with van der Waals surface area (Å²) in [6.07, 6.45) is 4.94. The highest BCUT2D eigenvalue weighted by Gasteiger charge is 2.29. The van der Waals surface area contributed by atoms with Gasteiger partial charge in [0.05, 0.1) is 6.04 Å². The molecule has 1 aliphatic heterocycles. The van der Waals surface area contributed by atoms with E-state index in [1.165, 1.54) is 11.1 Å². The number of carbonyl (C=O) groups is 2. The Kier molecular flexibility index (Phi) is 4.97. The molecular weight excluding hydrogens is 336 g/mol. The Bertz CT molecular complexity index is 861. The van der Waals surface area contributed by atoms with E-state index in [2.05, 4.69) is 35.6 Å². The standard InChI is InChI=1S/C23H26N2O2/c1-25(21-12-6-9-16-7-2-4-10-19(16)21)22(26)14-13-18-15-17-8-3-5-11-20(17)24-23(18)27/h2-5,7-8,10-11,18,21H,6,9,12-15H2,1H3,(H,24,27)/t18-,21-/m0/s1. The maximum absolute atomic E-state index is 12.8. The number of fused-ring (bicyclic) bond motifs is 2. The molecule has 0 fully saturated rings. The van der Waals surface area contributed by atoms with Crippen LogP contribution in [0.4, 0.5) is 5.69 Å². The minimum atomic E-state index is -0.129.